The molecule has 1 heterocycles. The third-order valence-electron chi connectivity index (χ3n) is 3.30. The van der Waals surface area contributed by atoms with Gasteiger partial charge in [0.15, 0.2) is 0 Å². The van der Waals surface area contributed by atoms with Gasteiger partial charge in [-0.25, -0.2) is 0 Å². The third-order valence-corrected chi connectivity index (χ3v) is 3.30. The number of benzene rings is 1. The Hall–Kier alpha value is -2.80. The van der Waals surface area contributed by atoms with Crippen molar-refractivity contribution < 1.29 is 4.79 Å². The second-order valence-corrected chi connectivity index (χ2v) is 5.03. The summed E-state index contributed by atoms with van der Waals surface area (Å²) in [6.45, 7) is 3.99. The lowest BCUT2D eigenvalue weighted by Crippen LogP contribution is -2.13. The second-order valence-electron chi connectivity index (χ2n) is 5.03. The van der Waals surface area contributed by atoms with Gasteiger partial charge >= 0.3 is 0 Å². The largest absolute Gasteiger partial charge is 0.357 e. The third kappa shape index (κ3) is 3.61. The highest BCUT2D eigenvalue weighted by molar-refractivity contribution is 6.09. The SMILES string of the molecule is Cc1ccc(NC(=O)/C(C#N)=C/c2ccn(C)c2)cc1C. The molecule has 21 heavy (non-hydrogen) atoms. The molecule has 0 spiro atoms. The van der Waals surface area contributed by atoms with Gasteiger partial charge in [0, 0.05) is 25.1 Å². The quantitative estimate of drug-likeness (QED) is 0.693. The number of amides is 1. The molecule has 0 unspecified atom stereocenters. The monoisotopic (exact) mass is 279 g/mol. The van der Waals surface area contributed by atoms with Crippen LogP contribution >= 0.6 is 0 Å². The number of hydrogen-bond donors (Lipinski definition) is 1. The molecule has 1 aromatic carbocycles. The number of nitrogens with one attached hydrogen (secondary N) is 1. The highest BCUT2D eigenvalue weighted by Gasteiger charge is 2.10. The molecule has 0 fully saturated rings. The van der Waals surface area contributed by atoms with Crippen LogP contribution in [0.15, 0.2) is 42.2 Å². The lowest BCUT2D eigenvalue weighted by atomic mass is 10.1. The van der Waals surface area contributed by atoms with Gasteiger partial charge in [0.05, 0.1) is 0 Å². The molecule has 0 radical (unpaired) electrons. The topological polar surface area (TPSA) is 57.8 Å². The smallest absolute Gasteiger partial charge is 0.266 e. The number of nitrogens with zero attached hydrogens (tertiary/aromatic N) is 2. The zero-order valence-electron chi connectivity index (χ0n) is 12.3. The summed E-state index contributed by atoms with van der Waals surface area (Å²) in [5, 5.41) is 11.9. The van der Waals surface area contributed by atoms with Crippen molar-refractivity contribution in [3.63, 3.8) is 0 Å². The normalized spacial score (nSPS) is 11.0. The van der Waals surface area contributed by atoms with E-state index in [1.54, 1.807) is 6.08 Å². The van der Waals surface area contributed by atoms with Crippen molar-refractivity contribution in [2.75, 3.05) is 5.32 Å². The van der Waals surface area contributed by atoms with Gasteiger partial charge < -0.3 is 9.88 Å². The molecule has 0 aliphatic heterocycles. The fourth-order valence-corrected chi connectivity index (χ4v) is 1.94. The van der Waals surface area contributed by atoms with E-state index >= 15 is 0 Å². The van der Waals surface area contributed by atoms with E-state index in [1.807, 2.05) is 68.2 Å². The Balaban J connectivity index is 2.19. The fourth-order valence-electron chi connectivity index (χ4n) is 1.94. The van der Waals surface area contributed by atoms with Gasteiger partial charge in [-0.1, -0.05) is 6.07 Å². The van der Waals surface area contributed by atoms with Crippen molar-refractivity contribution in [3.8, 4) is 6.07 Å². The molecule has 0 atom stereocenters. The highest BCUT2D eigenvalue weighted by atomic mass is 16.1. The first-order chi connectivity index (χ1) is 9.99. The maximum absolute atomic E-state index is 12.1. The van der Waals surface area contributed by atoms with Crippen LogP contribution in [0.1, 0.15) is 16.7 Å². The van der Waals surface area contributed by atoms with E-state index in [0.717, 1.165) is 16.7 Å². The van der Waals surface area contributed by atoms with E-state index in [2.05, 4.69) is 5.32 Å². The zero-order chi connectivity index (χ0) is 15.4. The van der Waals surface area contributed by atoms with Crippen molar-refractivity contribution in [3.05, 3.63) is 58.9 Å². The Labute approximate surface area is 124 Å². The molecule has 4 nitrogen and oxygen atoms in total. The van der Waals surface area contributed by atoms with Crippen LogP contribution in [0, 0.1) is 25.2 Å². The molecule has 2 rings (SSSR count). The Bertz CT molecular complexity index is 748. The molecule has 0 aliphatic rings. The van der Waals surface area contributed by atoms with Gasteiger partial charge in [-0.05, 0) is 54.8 Å². The molecular weight excluding hydrogens is 262 g/mol. The maximum atomic E-state index is 12.1. The number of carbonyl (C=O) groups excluding carboxylic acids is 1. The van der Waals surface area contributed by atoms with Crippen molar-refractivity contribution in [1.82, 2.24) is 4.57 Å². The molecule has 0 aliphatic carbocycles. The fraction of sp³-hybridized carbons (Fsp3) is 0.176. The van der Waals surface area contributed by atoms with Crippen molar-refractivity contribution >= 4 is 17.7 Å². The van der Waals surface area contributed by atoms with Gasteiger partial charge in [-0.3, -0.25) is 4.79 Å². The first kappa shape index (κ1) is 14.6. The van der Waals surface area contributed by atoms with Crippen LogP contribution in [0.4, 0.5) is 5.69 Å². The molecular formula is C17H17N3O. The molecule has 1 N–H and O–H groups in total. The summed E-state index contributed by atoms with van der Waals surface area (Å²) in [5.41, 5.74) is 3.85. The minimum atomic E-state index is -0.399. The van der Waals surface area contributed by atoms with Gasteiger partial charge in [-0.15, -0.1) is 0 Å². The summed E-state index contributed by atoms with van der Waals surface area (Å²) in [5.74, 6) is -0.399. The van der Waals surface area contributed by atoms with Crippen LogP contribution in [-0.4, -0.2) is 10.5 Å². The van der Waals surface area contributed by atoms with Crippen LogP contribution in [0.2, 0.25) is 0 Å². The van der Waals surface area contributed by atoms with E-state index < -0.39 is 5.91 Å². The van der Waals surface area contributed by atoms with Crippen LogP contribution < -0.4 is 5.32 Å². The van der Waals surface area contributed by atoms with Crippen molar-refractivity contribution in [2.45, 2.75) is 13.8 Å². The standard InChI is InChI=1S/C17H17N3O/c1-12-4-5-16(8-13(12)2)19-17(21)15(10-18)9-14-6-7-20(3)11-14/h4-9,11H,1-3H3,(H,19,21)/b15-9+. The van der Waals surface area contributed by atoms with Crippen molar-refractivity contribution in [1.29, 1.82) is 5.26 Å². The number of hydrogen-bond acceptors (Lipinski definition) is 2. The van der Waals surface area contributed by atoms with Crippen LogP contribution in [0.5, 0.6) is 0 Å². The van der Waals surface area contributed by atoms with Crippen LogP contribution in [0.25, 0.3) is 6.08 Å². The Morgan fingerprint density at radius 1 is 1.29 bits per heavy atom. The molecule has 106 valence electrons. The zero-order valence-corrected chi connectivity index (χ0v) is 12.3. The molecule has 1 aromatic heterocycles. The summed E-state index contributed by atoms with van der Waals surface area (Å²) in [6, 6.07) is 9.46. The van der Waals surface area contributed by atoms with E-state index in [4.69, 9.17) is 5.26 Å². The van der Waals surface area contributed by atoms with Gasteiger partial charge in [0.2, 0.25) is 0 Å². The molecule has 1 amide bonds. The minimum absolute atomic E-state index is 0.0828. The molecule has 0 bridgehead atoms. The van der Waals surface area contributed by atoms with Crippen LogP contribution in [0.3, 0.4) is 0 Å². The summed E-state index contributed by atoms with van der Waals surface area (Å²) < 4.78 is 1.86. The first-order valence-corrected chi connectivity index (χ1v) is 6.62. The molecule has 0 saturated heterocycles. The Morgan fingerprint density at radius 3 is 2.62 bits per heavy atom. The number of nitriles is 1. The average Bonchev–Trinajstić information content (AvgIpc) is 2.85. The summed E-state index contributed by atoms with van der Waals surface area (Å²) in [7, 11) is 1.89. The number of aromatic nitrogens is 1. The maximum Gasteiger partial charge on any atom is 0.266 e. The number of carbonyl (C=O) groups is 1. The Kier molecular flexibility index (Phi) is 4.24. The number of aryl methyl sites for hydroxylation is 3. The van der Waals surface area contributed by atoms with E-state index in [-0.39, 0.29) is 5.57 Å². The summed E-state index contributed by atoms with van der Waals surface area (Å²) in [6.07, 6.45) is 5.29. The minimum Gasteiger partial charge on any atom is -0.357 e. The lowest BCUT2D eigenvalue weighted by molar-refractivity contribution is -0.112. The highest BCUT2D eigenvalue weighted by Crippen LogP contribution is 2.15. The van der Waals surface area contributed by atoms with Gasteiger partial charge in [0.1, 0.15) is 11.6 Å². The predicted octanol–water partition coefficient (Wildman–Crippen LogP) is 3.19. The predicted molar refractivity (Wildman–Crippen MR) is 83.5 cm³/mol. The van der Waals surface area contributed by atoms with E-state index in [0.29, 0.717) is 5.69 Å². The number of anilines is 1. The molecule has 0 saturated carbocycles. The van der Waals surface area contributed by atoms with Gasteiger partial charge in [0.25, 0.3) is 5.91 Å². The molecule has 2 aromatic rings. The summed E-state index contributed by atoms with van der Waals surface area (Å²) >= 11 is 0. The number of rotatable bonds is 3. The van der Waals surface area contributed by atoms with E-state index in [1.165, 1.54) is 0 Å². The average molecular weight is 279 g/mol. The summed E-state index contributed by atoms with van der Waals surface area (Å²) in [4.78, 5) is 12.1. The van der Waals surface area contributed by atoms with Gasteiger partial charge in [-0.2, -0.15) is 5.26 Å². The van der Waals surface area contributed by atoms with Crippen molar-refractivity contribution in [2.24, 2.45) is 7.05 Å². The Morgan fingerprint density at radius 2 is 2.05 bits per heavy atom. The second kappa shape index (κ2) is 6.10. The molecule has 4 heteroatoms. The lowest BCUT2D eigenvalue weighted by Gasteiger charge is -2.07. The first-order valence-electron chi connectivity index (χ1n) is 6.62. The van der Waals surface area contributed by atoms with Crippen LogP contribution in [-0.2, 0) is 11.8 Å². The van der Waals surface area contributed by atoms with E-state index in [9.17, 15) is 4.79 Å².